The lowest BCUT2D eigenvalue weighted by molar-refractivity contribution is -0.0635. The van der Waals surface area contributed by atoms with Gasteiger partial charge < -0.3 is 19.1 Å². The molecule has 10 heteroatoms. The maximum Gasteiger partial charge on any atom is 0.513 e. The van der Waals surface area contributed by atoms with Gasteiger partial charge in [-0.15, -0.1) is 0 Å². The topological polar surface area (TPSA) is 91.3 Å². The van der Waals surface area contributed by atoms with Crippen LogP contribution in [-0.4, -0.2) is 29.3 Å². The highest BCUT2D eigenvalue weighted by molar-refractivity contribution is 7.59. The van der Waals surface area contributed by atoms with E-state index in [0.717, 1.165) is 14.0 Å². The Bertz CT molecular complexity index is 573. The van der Waals surface area contributed by atoms with Crippen molar-refractivity contribution in [3.63, 3.8) is 0 Å². The summed E-state index contributed by atoms with van der Waals surface area (Å²) in [5.41, 5.74) is 0.183. The molecule has 1 aromatic rings. The summed E-state index contributed by atoms with van der Waals surface area (Å²) >= 11 is 11.3. The molecule has 22 heavy (non-hydrogen) atoms. The van der Waals surface area contributed by atoms with Crippen LogP contribution in [-0.2, 0) is 18.6 Å². The van der Waals surface area contributed by atoms with Crippen LogP contribution >= 0.6 is 30.8 Å². The number of hydrogen-bond donors (Lipinski definition) is 1. The van der Waals surface area contributed by atoms with E-state index < -0.39 is 24.1 Å². The summed E-state index contributed by atoms with van der Waals surface area (Å²) in [6, 6.07) is 6.09. The third kappa shape index (κ3) is 4.84. The molecule has 7 nitrogen and oxygen atoms in total. The summed E-state index contributed by atoms with van der Waals surface area (Å²) in [6.07, 6.45) is -2.30. The zero-order valence-electron chi connectivity index (χ0n) is 12.0. The minimum Gasteiger partial charge on any atom is -0.437 e. The summed E-state index contributed by atoms with van der Waals surface area (Å²) in [5.74, 6) is 0.0343. The Hall–Kier alpha value is -0.820. The lowest BCUT2D eigenvalue weighted by Crippen LogP contribution is -2.16. The lowest BCUT2D eigenvalue weighted by atomic mass is 10.2. The first-order valence-corrected chi connectivity index (χ1v) is 8.22. The molecule has 0 aromatic heterocycles. The number of ether oxygens (including phenoxy) is 3. The number of rotatable bonds is 6. The third-order valence-electron chi connectivity index (χ3n) is 2.48. The van der Waals surface area contributed by atoms with Crippen molar-refractivity contribution in [1.29, 1.82) is 0 Å². The van der Waals surface area contributed by atoms with Crippen molar-refractivity contribution >= 4 is 37.0 Å². The fourth-order valence-electron chi connectivity index (χ4n) is 1.35. The molecule has 0 aliphatic carbocycles. The Kier molecular flexibility index (Phi) is 6.67. The van der Waals surface area contributed by atoms with Gasteiger partial charge in [0.1, 0.15) is 5.75 Å². The summed E-state index contributed by atoms with van der Waals surface area (Å²) < 4.78 is 29.3. The zero-order valence-corrected chi connectivity index (χ0v) is 14.4. The van der Waals surface area contributed by atoms with Gasteiger partial charge in [-0.1, -0.05) is 41.4 Å². The van der Waals surface area contributed by atoms with Crippen molar-refractivity contribution in [3.05, 3.63) is 29.8 Å². The predicted octanol–water partition coefficient (Wildman–Crippen LogP) is 3.83. The van der Waals surface area contributed by atoms with Crippen LogP contribution in [0.5, 0.6) is 5.75 Å². The van der Waals surface area contributed by atoms with E-state index in [1.165, 1.54) is 19.2 Å². The molecule has 0 fully saturated rings. The minimum atomic E-state index is -4.44. The number of para-hydroxylation sites is 1. The molecule has 0 spiro atoms. The molecule has 1 rings (SSSR count). The molecular formula is C12H15Cl2O7P. The van der Waals surface area contributed by atoms with E-state index >= 15 is 0 Å². The first-order chi connectivity index (χ1) is 10.1. The zero-order chi connectivity index (χ0) is 17.0. The molecule has 124 valence electrons. The number of carbonyl (C=O) groups is 1. The smallest absolute Gasteiger partial charge is 0.437 e. The average molecular weight is 373 g/mol. The van der Waals surface area contributed by atoms with Crippen molar-refractivity contribution in [1.82, 2.24) is 0 Å². The number of benzene rings is 1. The highest BCUT2D eigenvalue weighted by Crippen LogP contribution is 2.62. The molecule has 2 atom stereocenters. The SMILES string of the molecule is COC(=O)Oc1ccccc1C(OC)OP(=O)(O)C(C)(Cl)Cl. The van der Waals surface area contributed by atoms with Crippen LogP contribution in [0, 0.1) is 0 Å². The van der Waals surface area contributed by atoms with E-state index in [0.29, 0.717) is 0 Å². The van der Waals surface area contributed by atoms with E-state index in [-0.39, 0.29) is 11.3 Å². The van der Waals surface area contributed by atoms with Crippen molar-refractivity contribution < 1.29 is 33.0 Å². The number of carbonyl (C=O) groups excluding carboxylic acids is 1. The molecule has 0 aliphatic heterocycles. The van der Waals surface area contributed by atoms with Crippen molar-refractivity contribution in [2.45, 2.75) is 17.3 Å². The molecule has 0 bridgehead atoms. The van der Waals surface area contributed by atoms with Crippen molar-refractivity contribution in [3.8, 4) is 5.75 Å². The predicted molar refractivity (Wildman–Crippen MR) is 80.2 cm³/mol. The largest absolute Gasteiger partial charge is 0.513 e. The first kappa shape index (κ1) is 19.2. The van der Waals surface area contributed by atoms with E-state index in [4.69, 9.17) is 37.2 Å². The molecule has 0 heterocycles. The van der Waals surface area contributed by atoms with Gasteiger partial charge in [0.2, 0.25) is 4.07 Å². The quantitative estimate of drug-likeness (QED) is 0.266. The van der Waals surface area contributed by atoms with Crippen LogP contribution in [0.15, 0.2) is 24.3 Å². The Morgan fingerprint density at radius 2 is 1.91 bits per heavy atom. The number of alkyl halides is 2. The second-order valence-electron chi connectivity index (χ2n) is 4.13. The molecule has 0 aliphatic rings. The third-order valence-corrected chi connectivity index (χ3v) is 5.23. The van der Waals surface area contributed by atoms with Crippen LogP contribution in [0.2, 0.25) is 0 Å². The van der Waals surface area contributed by atoms with Crippen molar-refractivity contribution in [2.75, 3.05) is 14.2 Å². The Morgan fingerprint density at radius 1 is 1.32 bits per heavy atom. The highest BCUT2D eigenvalue weighted by Gasteiger charge is 2.44. The van der Waals surface area contributed by atoms with Gasteiger partial charge in [-0.05, 0) is 13.0 Å². The number of halogens is 2. The Balaban J connectivity index is 3.11. The van der Waals surface area contributed by atoms with Crippen LogP contribution in [0.25, 0.3) is 0 Å². The van der Waals surface area contributed by atoms with Gasteiger partial charge in [-0.25, -0.2) is 4.79 Å². The molecule has 0 saturated heterocycles. The van der Waals surface area contributed by atoms with Crippen LogP contribution in [0.1, 0.15) is 18.8 Å². The molecule has 1 aromatic carbocycles. The Morgan fingerprint density at radius 3 is 2.41 bits per heavy atom. The molecular weight excluding hydrogens is 358 g/mol. The van der Waals surface area contributed by atoms with E-state index in [2.05, 4.69) is 4.74 Å². The second kappa shape index (κ2) is 7.64. The average Bonchev–Trinajstić information content (AvgIpc) is 2.44. The molecule has 0 saturated carbocycles. The highest BCUT2D eigenvalue weighted by atomic mass is 35.5. The van der Waals surface area contributed by atoms with Gasteiger partial charge in [0, 0.05) is 7.11 Å². The minimum absolute atomic E-state index is 0.0343. The van der Waals surface area contributed by atoms with Gasteiger partial charge in [0.25, 0.3) is 0 Å². The maximum atomic E-state index is 12.0. The van der Waals surface area contributed by atoms with Gasteiger partial charge in [0.15, 0.2) is 6.29 Å². The molecule has 0 radical (unpaired) electrons. The van der Waals surface area contributed by atoms with E-state index in [9.17, 15) is 14.3 Å². The van der Waals surface area contributed by atoms with Crippen LogP contribution in [0.4, 0.5) is 4.79 Å². The summed E-state index contributed by atoms with van der Waals surface area (Å²) in [5, 5.41) is 0. The number of methoxy groups -OCH3 is 2. The Labute approximate surface area is 137 Å². The van der Waals surface area contributed by atoms with Crippen LogP contribution < -0.4 is 4.74 Å². The second-order valence-corrected chi connectivity index (χ2v) is 8.51. The summed E-state index contributed by atoms with van der Waals surface area (Å²) in [4.78, 5) is 21.0. The van der Waals surface area contributed by atoms with Gasteiger partial charge in [-0.2, -0.15) is 0 Å². The monoisotopic (exact) mass is 372 g/mol. The molecule has 1 N–H and O–H groups in total. The fraction of sp³-hybridized carbons (Fsp3) is 0.417. The lowest BCUT2D eigenvalue weighted by Gasteiger charge is -2.26. The summed E-state index contributed by atoms with van der Waals surface area (Å²) in [7, 11) is -2.06. The fourth-order valence-corrected chi connectivity index (χ4v) is 2.23. The molecule has 2 unspecified atom stereocenters. The maximum absolute atomic E-state index is 12.0. The number of hydrogen-bond acceptors (Lipinski definition) is 6. The summed E-state index contributed by atoms with van der Waals surface area (Å²) in [6.45, 7) is 1.11. The standard InChI is InChI=1S/C12H15Cl2O7P/c1-12(13,14)22(16,17)21-10(18-2)8-6-4-5-7-9(8)20-11(15)19-3/h4-7,10H,1-3H3,(H,16,17). The van der Waals surface area contributed by atoms with Gasteiger partial charge >= 0.3 is 13.8 Å². The van der Waals surface area contributed by atoms with Gasteiger partial charge in [0.05, 0.1) is 12.7 Å². The van der Waals surface area contributed by atoms with E-state index in [1.54, 1.807) is 12.1 Å². The van der Waals surface area contributed by atoms with Crippen molar-refractivity contribution in [2.24, 2.45) is 0 Å². The van der Waals surface area contributed by atoms with Crippen LogP contribution in [0.3, 0.4) is 0 Å². The van der Waals surface area contributed by atoms with E-state index in [1.807, 2.05) is 0 Å². The van der Waals surface area contributed by atoms with Gasteiger partial charge in [-0.3, -0.25) is 9.09 Å². The first-order valence-electron chi connectivity index (χ1n) is 5.89. The molecule has 0 amide bonds. The normalized spacial score (nSPS) is 15.7.